The molecule has 28 heavy (non-hydrogen) atoms. The topological polar surface area (TPSA) is 122 Å². The summed E-state index contributed by atoms with van der Waals surface area (Å²) in [7, 11) is -3.67. The van der Waals surface area contributed by atoms with Gasteiger partial charge >= 0.3 is 12.0 Å². The molecule has 1 aromatic rings. The van der Waals surface area contributed by atoms with Crippen LogP contribution in [0.25, 0.3) is 0 Å². The minimum Gasteiger partial charge on any atom is -0.454 e. The van der Waals surface area contributed by atoms with Crippen molar-refractivity contribution < 1.29 is 27.5 Å². The lowest BCUT2D eigenvalue weighted by Gasteiger charge is -2.33. The lowest BCUT2D eigenvalue weighted by Crippen LogP contribution is -2.49. The SMILES string of the molecule is CC(C)CNC(=O)NC(=O)COC(=O)[C@@H]1Cc2ccccc2CN1S(C)(=O)=O. The van der Waals surface area contributed by atoms with Crippen molar-refractivity contribution in [1.29, 1.82) is 0 Å². The number of nitrogens with one attached hydrogen (secondary N) is 2. The van der Waals surface area contributed by atoms with Crippen molar-refractivity contribution in [3.8, 4) is 0 Å². The van der Waals surface area contributed by atoms with Crippen LogP contribution in [-0.4, -0.2) is 56.1 Å². The maximum atomic E-state index is 12.5. The first-order chi connectivity index (χ1) is 13.1. The molecular formula is C18H25N3O6S. The third-order valence-electron chi connectivity index (χ3n) is 4.17. The number of urea groups is 1. The normalized spacial score (nSPS) is 16.9. The Morgan fingerprint density at radius 1 is 1.21 bits per heavy atom. The molecule has 0 saturated heterocycles. The Bertz CT molecular complexity index is 853. The van der Waals surface area contributed by atoms with E-state index in [1.807, 2.05) is 19.9 Å². The summed E-state index contributed by atoms with van der Waals surface area (Å²) in [4.78, 5) is 35.8. The zero-order valence-corrected chi connectivity index (χ0v) is 16.9. The lowest BCUT2D eigenvalue weighted by atomic mass is 9.96. The first kappa shape index (κ1) is 21.8. The first-order valence-corrected chi connectivity index (χ1v) is 10.7. The van der Waals surface area contributed by atoms with Gasteiger partial charge < -0.3 is 10.1 Å². The van der Waals surface area contributed by atoms with Crippen molar-refractivity contribution in [2.24, 2.45) is 5.92 Å². The molecule has 0 aliphatic carbocycles. The van der Waals surface area contributed by atoms with E-state index in [9.17, 15) is 22.8 Å². The second kappa shape index (κ2) is 9.16. The highest BCUT2D eigenvalue weighted by Crippen LogP contribution is 2.26. The van der Waals surface area contributed by atoms with Gasteiger partial charge in [0.25, 0.3) is 5.91 Å². The second-order valence-corrected chi connectivity index (χ2v) is 8.99. The van der Waals surface area contributed by atoms with Gasteiger partial charge in [-0.25, -0.2) is 13.2 Å². The number of ether oxygens (including phenoxy) is 1. The Kier molecular flexibility index (Phi) is 7.14. The van der Waals surface area contributed by atoms with Gasteiger partial charge in [0, 0.05) is 19.5 Å². The van der Waals surface area contributed by atoms with Crippen molar-refractivity contribution in [1.82, 2.24) is 14.9 Å². The number of carbonyl (C=O) groups excluding carboxylic acids is 3. The Labute approximate surface area is 164 Å². The summed E-state index contributed by atoms with van der Waals surface area (Å²) < 4.78 is 30.2. The molecule has 1 heterocycles. The summed E-state index contributed by atoms with van der Waals surface area (Å²) in [5.74, 6) is -1.41. The molecule has 9 nitrogen and oxygen atoms in total. The standard InChI is InChI=1S/C18H25N3O6S/c1-12(2)9-19-18(24)20-16(22)11-27-17(23)15-8-13-6-4-5-7-14(13)10-21(15)28(3,25)26/h4-7,12,15H,8-11H2,1-3H3,(H2,19,20,22,24)/t15-/m0/s1. The number of hydrogen-bond donors (Lipinski definition) is 2. The van der Waals surface area contributed by atoms with Crippen molar-refractivity contribution >= 4 is 27.9 Å². The molecule has 2 N–H and O–H groups in total. The number of amides is 3. The van der Waals surface area contributed by atoms with Gasteiger partial charge in [0.2, 0.25) is 10.0 Å². The van der Waals surface area contributed by atoms with Crippen molar-refractivity contribution in [2.45, 2.75) is 32.9 Å². The smallest absolute Gasteiger partial charge is 0.325 e. The van der Waals surface area contributed by atoms with Crippen LogP contribution in [0, 0.1) is 5.92 Å². The predicted octanol–water partition coefficient (Wildman–Crippen LogP) is 0.398. The maximum absolute atomic E-state index is 12.5. The van der Waals surface area contributed by atoms with Gasteiger partial charge in [0.05, 0.1) is 6.26 Å². The van der Waals surface area contributed by atoms with E-state index in [1.54, 1.807) is 18.2 Å². The Balaban J connectivity index is 1.98. The van der Waals surface area contributed by atoms with Gasteiger partial charge in [-0.3, -0.25) is 14.9 Å². The first-order valence-electron chi connectivity index (χ1n) is 8.86. The van der Waals surface area contributed by atoms with E-state index in [2.05, 4.69) is 10.6 Å². The molecule has 0 spiro atoms. The molecule has 0 unspecified atom stereocenters. The van der Waals surface area contributed by atoms with Crippen LogP contribution in [0.5, 0.6) is 0 Å². The molecule has 1 aromatic carbocycles. The largest absolute Gasteiger partial charge is 0.454 e. The van der Waals surface area contributed by atoms with Crippen LogP contribution in [0.2, 0.25) is 0 Å². The average molecular weight is 411 g/mol. The number of hydrogen-bond acceptors (Lipinski definition) is 6. The molecule has 10 heteroatoms. The minimum atomic E-state index is -3.67. The molecular weight excluding hydrogens is 386 g/mol. The fourth-order valence-corrected chi connectivity index (χ4v) is 3.78. The fourth-order valence-electron chi connectivity index (χ4n) is 2.78. The van der Waals surface area contributed by atoms with Gasteiger partial charge in [-0.05, 0) is 17.0 Å². The molecule has 3 amide bonds. The second-order valence-electron chi connectivity index (χ2n) is 7.06. The zero-order valence-electron chi connectivity index (χ0n) is 16.1. The number of fused-ring (bicyclic) bond motifs is 1. The van der Waals surface area contributed by atoms with Crippen LogP contribution in [0.1, 0.15) is 25.0 Å². The number of carbonyl (C=O) groups is 3. The van der Waals surface area contributed by atoms with E-state index >= 15 is 0 Å². The van der Waals surface area contributed by atoms with Crippen LogP contribution in [0.4, 0.5) is 4.79 Å². The van der Waals surface area contributed by atoms with E-state index in [4.69, 9.17) is 4.74 Å². The number of sulfonamides is 1. The average Bonchev–Trinajstić information content (AvgIpc) is 2.62. The molecule has 1 aliphatic heterocycles. The van der Waals surface area contributed by atoms with Crippen LogP contribution < -0.4 is 10.6 Å². The van der Waals surface area contributed by atoms with Crippen LogP contribution in [0.3, 0.4) is 0 Å². The fraction of sp³-hybridized carbons (Fsp3) is 0.500. The summed E-state index contributed by atoms with van der Waals surface area (Å²) in [6.45, 7) is 3.57. The maximum Gasteiger partial charge on any atom is 0.325 e. The molecule has 0 aromatic heterocycles. The molecule has 2 rings (SSSR count). The number of nitrogens with zero attached hydrogens (tertiary/aromatic N) is 1. The van der Waals surface area contributed by atoms with Gasteiger partial charge in [0.1, 0.15) is 6.04 Å². The Hall–Kier alpha value is -2.46. The molecule has 0 bridgehead atoms. The van der Waals surface area contributed by atoms with E-state index in [0.29, 0.717) is 6.54 Å². The zero-order chi connectivity index (χ0) is 20.9. The predicted molar refractivity (Wildman–Crippen MR) is 102 cm³/mol. The van der Waals surface area contributed by atoms with Gasteiger partial charge in [-0.2, -0.15) is 4.31 Å². The van der Waals surface area contributed by atoms with Gasteiger partial charge in [-0.15, -0.1) is 0 Å². The minimum absolute atomic E-state index is 0.0541. The van der Waals surface area contributed by atoms with Crippen molar-refractivity contribution in [3.05, 3.63) is 35.4 Å². The van der Waals surface area contributed by atoms with E-state index in [1.165, 1.54) is 0 Å². The van der Waals surface area contributed by atoms with Gasteiger partial charge in [-0.1, -0.05) is 38.1 Å². The monoisotopic (exact) mass is 411 g/mol. The Morgan fingerprint density at radius 2 is 1.86 bits per heavy atom. The molecule has 1 aliphatic rings. The van der Waals surface area contributed by atoms with Crippen molar-refractivity contribution in [3.63, 3.8) is 0 Å². The van der Waals surface area contributed by atoms with E-state index in [0.717, 1.165) is 21.7 Å². The van der Waals surface area contributed by atoms with Crippen molar-refractivity contribution in [2.75, 3.05) is 19.4 Å². The molecule has 154 valence electrons. The summed E-state index contributed by atoms with van der Waals surface area (Å²) in [5.41, 5.74) is 1.67. The van der Waals surface area contributed by atoms with E-state index in [-0.39, 0.29) is 18.9 Å². The number of esters is 1. The van der Waals surface area contributed by atoms with E-state index < -0.39 is 40.6 Å². The summed E-state index contributed by atoms with van der Waals surface area (Å²) in [6, 6.07) is 5.48. The molecule has 0 fully saturated rings. The van der Waals surface area contributed by atoms with Gasteiger partial charge in [0.15, 0.2) is 6.61 Å². The summed E-state index contributed by atoms with van der Waals surface area (Å²) >= 11 is 0. The molecule has 0 radical (unpaired) electrons. The summed E-state index contributed by atoms with van der Waals surface area (Å²) in [5, 5.41) is 4.56. The highest BCUT2D eigenvalue weighted by Gasteiger charge is 2.38. The third kappa shape index (κ3) is 6.03. The lowest BCUT2D eigenvalue weighted by molar-refractivity contribution is -0.152. The third-order valence-corrected chi connectivity index (χ3v) is 5.41. The Morgan fingerprint density at radius 3 is 2.46 bits per heavy atom. The highest BCUT2D eigenvalue weighted by atomic mass is 32.2. The summed E-state index contributed by atoms with van der Waals surface area (Å²) in [6.07, 6.45) is 1.17. The van der Waals surface area contributed by atoms with Crippen LogP contribution in [-0.2, 0) is 37.3 Å². The number of benzene rings is 1. The van der Waals surface area contributed by atoms with Crippen LogP contribution in [0.15, 0.2) is 24.3 Å². The highest BCUT2D eigenvalue weighted by molar-refractivity contribution is 7.88. The molecule has 0 saturated carbocycles. The number of imide groups is 1. The molecule has 1 atom stereocenters. The number of rotatable bonds is 6. The van der Waals surface area contributed by atoms with Crippen LogP contribution >= 0.6 is 0 Å². The quantitative estimate of drug-likeness (QED) is 0.654.